The molecule has 0 bridgehead atoms. The van der Waals surface area contributed by atoms with Crippen molar-refractivity contribution in [2.45, 2.75) is 19.2 Å². The van der Waals surface area contributed by atoms with Gasteiger partial charge in [0, 0.05) is 6.54 Å². The number of aryl methyl sites for hydroxylation is 1. The molecule has 0 aromatic heterocycles. The first-order valence-electron chi connectivity index (χ1n) is 5.94. The summed E-state index contributed by atoms with van der Waals surface area (Å²) in [5.41, 5.74) is 1.64. The molecule has 112 valence electrons. The molecule has 0 saturated heterocycles. The number of benzene rings is 1. The number of carbonyl (C=O) groups is 1. The summed E-state index contributed by atoms with van der Waals surface area (Å²) in [5.74, 6) is -1.85. The molecule has 20 heavy (non-hydrogen) atoms. The molecule has 0 radical (unpaired) electrons. The van der Waals surface area contributed by atoms with Gasteiger partial charge < -0.3 is 10.4 Å². The van der Waals surface area contributed by atoms with Crippen LogP contribution in [0.5, 0.6) is 0 Å². The lowest BCUT2D eigenvalue weighted by Crippen LogP contribution is -2.30. The summed E-state index contributed by atoms with van der Waals surface area (Å²) in [4.78, 5) is 11.3. The Bertz CT molecular complexity index is 451. The predicted molar refractivity (Wildman–Crippen MR) is 72.5 cm³/mol. The summed E-state index contributed by atoms with van der Waals surface area (Å²) in [5, 5.41) is 12.3. The van der Waals surface area contributed by atoms with Crippen molar-refractivity contribution in [1.82, 2.24) is 5.32 Å². The molecule has 0 aliphatic rings. The van der Waals surface area contributed by atoms with E-state index < -0.39 is 23.9 Å². The topological polar surface area (TPSA) is 49.3 Å². The van der Waals surface area contributed by atoms with Gasteiger partial charge >= 0.3 is 6.18 Å². The van der Waals surface area contributed by atoms with Crippen molar-refractivity contribution >= 4 is 17.7 Å². The molecule has 0 aliphatic carbocycles. The van der Waals surface area contributed by atoms with E-state index in [4.69, 9.17) is 0 Å². The Morgan fingerprint density at radius 1 is 1.45 bits per heavy atom. The van der Waals surface area contributed by atoms with E-state index in [1.807, 2.05) is 13.0 Å². The zero-order valence-electron chi connectivity index (χ0n) is 10.9. The normalized spacial score (nSPS) is 13.1. The van der Waals surface area contributed by atoms with Gasteiger partial charge in [0.2, 0.25) is 5.91 Å². The number of hydrogen-bond donors (Lipinski definition) is 2. The Kier molecular flexibility index (Phi) is 6.35. The molecule has 1 rings (SSSR count). The zero-order chi connectivity index (χ0) is 15.2. The van der Waals surface area contributed by atoms with Crippen LogP contribution in [0.1, 0.15) is 17.2 Å². The lowest BCUT2D eigenvalue weighted by molar-refractivity contribution is -0.119. The number of amides is 1. The zero-order valence-corrected chi connectivity index (χ0v) is 11.7. The third-order valence-electron chi connectivity index (χ3n) is 2.42. The van der Waals surface area contributed by atoms with Gasteiger partial charge in [0.25, 0.3) is 0 Å². The molecular formula is C13H16F3NO2S. The first kappa shape index (κ1) is 16.8. The summed E-state index contributed by atoms with van der Waals surface area (Å²) < 4.78 is 35.7. The van der Waals surface area contributed by atoms with Crippen molar-refractivity contribution < 1.29 is 23.1 Å². The summed E-state index contributed by atoms with van der Waals surface area (Å²) in [6.07, 6.45) is -5.14. The number of aliphatic hydroxyl groups excluding tert-OH is 1. The third kappa shape index (κ3) is 6.81. The maximum Gasteiger partial charge on any atom is 0.397 e. The van der Waals surface area contributed by atoms with Crippen LogP contribution < -0.4 is 5.32 Å². The van der Waals surface area contributed by atoms with Gasteiger partial charge in [-0.25, -0.2) is 0 Å². The number of hydrogen-bond acceptors (Lipinski definition) is 3. The number of aliphatic hydroxyl groups is 1. The van der Waals surface area contributed by atoms with E-state index in [0.717, 1.165) is 5.56 Å². The Morgan fingerprint density at radius 3 is 2.75 bits per heavy atom. The fourth-order valence-corrected chi connectivity index (χ4v) is 2.14. The van der Waals surface area contributed by atoms with Crippen LogP contribution in [0.3, 0.4) is 0 Å². The molecule has 3 nitrogen and oxygen atoms in total. The van der Waals surface area contributed by atoms with Crippen LogP contribution in [-0.4, -0.2) is 35.2 Å². The van der Waals surface area contributed by atoms with Gasteiger partial charge in [-0.15, -0.1) is 11.8 Å². The highest BCUT2D eigenvalue weighted by Crippen LogP contribution is 2.20. The summed E-state index contributed by atoms with van der Waals surface area (Å²) >= 11 is 0.500. The van der Waals surface area contributed by atoms with E-state index in [-0.39, 0.29) is 12.3 Å². The highest BCUT2D eigenvalue weighted by molar-refractivity contribution is 8.00. The largest absolute Gasteiger partial charge is 0.397 e. The van der Waals surface area contributed by atoms with Crippen LogP contribution >= 0.6 is 11.8 Å². The quantitative estimate of drug-likeness (QED) is 0.849. The average Bonchev–Trinajstić information content (AvgIpc) is 2.34. The SMILES string of the molecule is Cc1cccc(C(O)CNC(=O)CSCC(F)(F)F)c1. The first-order valence-corrected chi connectivity index (χ1v) is 7.09. The molecule has 1 aromatic carbocycles. The van der Waals surface area contributed by atoms with Crippen molar-refractivity contribution in [2.24, 2.45) is 0 Å². The minimum Gasteiger partial charge on any atom is -0.387 e. The molecule has 1 atom stereocenters. The minimum atomic E-state index is -4.27. The van der Waals surface area contributed by atoms with E-state index in [9.17, 15) is 23.1 Å². The fraction of sp³-hybridized carbons (Fsp3) is 0.462. The van der Waals surface area contributed by atoms with Crippen LogP contribution in [-0.2, 0) is 4.79 Å². The second-order valence-electron chi connectivity index (χ2n) is 4.34. The molecule has 1 amide bonds. The lowest BCUT2D eigenvalue weighted by atomic mass is 10.1. The van der Waals surface area contributed by atoms with Gasteiger partial charge in [-0.05, 0) is 12.5 Å². The summed E-state index contributed by atoms with van der Waals surface area (Å²) in [6.45, 7) is 1.86. The highest BCUT2D eigenvalue weighted by Gasteiger charge is 2.27. The molecule has 0 heterocycles. The standard InChI is InChI=1S/C13H16F3NO2S/c1-9-3-2-4-10(5-9)11(18)6-17-12(19)7-20-8-13(14,15)16/h2-5,11,18H,6-8H2,1H3,(H,17,19). The molecule has 0 spiro atoms. The van der Waals surface area contributed by atoms with E-state index >= 15 is 0 Å². The second kappa shape index (κ2) is 7.54. The number of carbonyl (C=O) groups excluding carboxylic acids is 1. The Morgan fingerprint density at radius 2 is 2.15 bits per heavy atom. The molecular weight excluding hydrogens is 291 g/mol. The monoisotopic (exact) mass is 307 g/mol. The second-order valence-corrected chi connectivity index (χ2v) is 5.33. The molecule has 0 aliphatic heterocycles. The molecule has 0 fully saturated rings. The fourth-order valence-electron chi connectivity index (χ4n) is 1.52. The van der Waals surface area contributed by atoms with Crippen molar-refractivity contribution in [3.8, 4) is 0 Å². The Labute approximate surface area is 119 Å². The predicted octanol–water partition coefficient (Wildman–Crippen LogP) is 2.44. The van der Waals surface area contributed by atoms with E-state index in [1.54, 1.807) is 18.2 Å². The van der Waals surface area contributed by atoms with Gasteiger partial charge in [-0.1, -0.05) is 29.8 Å². The van der Waals surface area contributed by atoms with Crippen molar-refractivity contribution in [3.05, 3.63) is 35.4 Å². The van der Waals surface area contributed by atoms with Gasteiger partial charge in [0.1, 0.15) is 0 Å². The smallest absolute Gasteiger partial charge is 0.387 e. The van der Waals surface area contributed by atoms with Crippen LogP contribution in [0.4, 0.5) is 13.2 Å². The number of rotatable bonds is 6. The third-order valence-corrected chi connectivity index (χ3v) is 3.42. The Hall–Kier alpha value is -1.21. The number of halogens is 3. The van der Waals surface area contributed by atoms with Crippen LogP contribution in [0.25, 0.3) is 0 Å². The van der Waals surface area contributed by atoms with Gasteiger partial charge in [0.05, 0.1) is 17.6 Å². The van der Waals surface area contributed by atoms with Crippen LogP contribution in [0.2, 0.25) is 0 Å². The number of nitrogens with one attached hydrogen (secondary N) is 1. The van der Waals surface area contributed by atoms with E-state index in [2.05, 4.69) is 5.32 Å². The maximum atomic E-state index is 11.9. The number of alkyl halides is 3. The van der Waals surface area contributed by atoms with Crippen molar-refractivity contribution in [3.63, 3.8) is 0 Å². The first-order chi connectivity index (χ1) is 9.28. The van der Waals surface area contributed by atoms with Gasteiger partial charge in [0.15, 0.2) is 0 Å². The Balaban J connectivity index is 2.30. The summed E-state index contributed by atoms with van der Waals surface area (Å²) in [7, 11) is 0. The average molecular weight is 307 g/mol. The lowest BCUT2D eigenvalue weighted by Gasteiger charge is -2.13. The highest BCUT2D eigenvalue weighted by atomic mass is 32.2. The molecule has 7 heteroatoms. The maximum absolute atomic E-state index is 11.9. The van der Waals surface area contributed by atoms with Crippen molar-refractivity contribution in [2.75, 3.05) is 18.1 Å². The molecule has 2 N–H and O–H groups in total. The number of thioether (sulfide) groups is 1. The minimum absolute atomic E-state index is 0.0190. The van der Waals surface area contributed by atoms with Crippen molar-refractivity contribution in [1.29, 1.82) is 0 Å². The molecule has 0 saturated carbocycles. The van der Waals surface area contributed by atoms with Gasteiger partial charge in [-0.3, -0.25) is 4.79 Å². The van der Waals surface area contributed by atoms with Gasteiger partial charge in [-0.2, -0.15) is 13.2 Å². The van der Waals surface area contributed by atoms with E-state index in [0.29, 0.717) is 17.3 Å². The van der Waals surface area contributed by atoms with E-state index in [1.165, 1.54) is 0 Å². The summed E-state index contributed by atoms with van der Waals surface area (Å²) in [6, 6.07) is 7.18. The molecule has 1 unspecified atom stereocenters. The molecule has 1 aromatic rings. The van der Waals surface area contributed by atoms with Crippen LogP contribution in [0, 0.1) is 6.92 Å². The van der Waals surface area contributed by atoms with Crippen LogP contribution in [0.15, 0.2) is 24.3 Å².